The maximum Gasteiger partial charge on any atom is 0.264 e. The van der Waals surface area contributed by atoms with Gasteiger partial charge in [0.05, 0.1) is 47.1 Å². The summed E-state index contributed by atoms with van der Waals surface area (Å²) in [4.78, 5) is 106. The molecule has 1 unspecified atom stereocenters. The van der Waals surface area contributed by atoms with E-state index in [1.165, 1.54) is 44.3 Å². The smallest absolute Gasteiger partial charge is 0.264 e. The van der Waals surface area contributed by atoms with Gasteiger partial charge in [0.25, 0.3) is 17.7 Å². The minimum atomic E-state index is -1.11. The number of carbonyl (C=O) groups is 7. The number of likely N-dealkylation sites (N-methyl/N-ethyl adjacent to an activating group) is 1. The molecule has 3 aliphatic heterocycles. The first-order chi connectivity index (χ1) is 29.9. The van der Waals surface area contributed by atoms with Crippen molar-refractivity contribution < 1.29 is 42.7 Å². The van der Waals surface area contributed by atoms with E-state index in [2.05, 4.69) is 41.5 Å². The minimum absolute atomic E-state index is 0.00343. The zero-order valence-electron chi connectivity index (χ0n) is 33.7. The van der Waals surface area contributed by atoms with E-state index in [-0.39, 0.29) is 78.3 Å². The fourth-order valence-corrected chi connectivity index (χ4v) is 7.80. The molecule has 0 spiro atoms. The van der Waals surface area contributed by atoms with Gasteiger partial charge in [0.1, 0.15) is 29.1 Å². The molecule has 1 fully saturated rings. The SMILES string of the molecule is CNC(=O)c1c(F)cccc1Nc1nc(Nc2cc3c(cc2OC)CCN3C(=O)CN(C)C(=O)CCNc2cccc3c2C(=O)N(C2CCC(=O)NC2=O)C3=O)nc2[nH]ccc12. The van der Waals surface area contributed by atoms with Crippen LogP contribution in [0.3, 0.4) is 0 Å². The van der Waals surface area contributed by atoms with Gasteiger partial charge < -0.3 is 40.8 Å². The lowest BCUT2D eigenvalue weighted by molar-refractivity contribution is -0.136. The monoisotopic (exact) mass is 845 g/mol. The molecular formula is C42H40FN11O8. The fraction of sp³-hybridized carbons (Fsp3) is 0.262. The molecule has 318 valence electrons. The van der Waals surface area contributed by atoms with Crippen molar-refractivity contribution in [2.24, 2.45) is 0 Å². The summed E-state index contributed by atoms with van der Waals surface area (Å²) in [6.45, 7) is 0.188. The molecule has 3 aliphatic rings. The Kier molecular flexibility index (Phi) is 11.0. The molecule has 1 saturated heterocycles. The summed E-state index contributed by atoms with van der Waals surface area (Å²) in [5, 5.41) is 14.5. The summed E-state index contributed by atoms with van der Waals surface area (Å²) in [6.07, 6.45) is 2.16. The van der Waals surface area contributed by atoms with E-state index in [9.17, 15) is 38.0 Å². The Balaban J connectivity index is 0.930. The highest BCUT2D eigenvalue weighted by Gasteiger charge is 2.45. The van der Waals surface area contributed by atoms with E-state index in [0.717, 1.165) is 10.5 Å². The quantitative estimate of drug-likeness (QED) is 0.0935. The van der Waals surface area contributed by atoms with Crippen molar-refractivity contribution in [1.82, 2.24) is 35.4 Å². The molecule has 0 radical (unpaired) electrons. The van der Waals surface area contributed by atoms with Crippen LogP contribution in [0.25, 0.3) is 11.0 Å². The number of ether oxygens (including phenoxy) is 1. The number of nitrogens with one attached hydrogen (secondary N) is 6. The van der Waals surface area contributed by atoms with Crippen molar-refractivity contribution in [3.8, 4) is 5.75 Å². The number of aromatic nitrogens is 3. The molecule has 5 heterocycles. The van der Waals surface area contributed by atoms with Crippen LogP contribution in [0.5, 0.6) is 5.75 Å². The number of hydrogen-bond acceptors (Lipinski definition) is 13. The van der Waals surface area contributed by atoms with E-state index >= 15 is 0 Å². The third kappa shape index (κ3) is 7.57. The number of carbonyl (C=O) groups excluding carboxylic acids is 7. The van der Waals surface area contributed by atoms with Gasteiger partial charge in [0, 0.05) is 57.6 Å². The summed E-state index contributed by atoms with van der Waals surface area (Å²) in [5.74, 6) is -3.67. The Morgan fingerprint density at radius 3 is 2.53 bits per heavy atom. The zero-order valence-corrected chi connectivity index (χ0v) is 33.7. The molecule has 62 heavy (non-hydrogen) atoms. The first-order valence-corrected chi connectivity index (χ1v) is 19.6. The second-order valence-corrected chi connectivity index (χ2v) is 14.7. The van der Waals surface area contributed by atoms with Crippen LogP contribution in [0.15, 0.2) is 60.8 Å². The zero-order chi connectivity index (χ0) is 43.8. The highest BCUT2D eigenvalue weighted by molar-refractivity contribution is 6.25. The maximum atomic E-state index is 14.8. The molecule has 5 aromatic rings. The number of aromatic amines is 1. The minimum Gasteiger partial charge on any atom is -0.495 e. The van der Waals surface area contributed by atoms with E-state index in [1.807, 2.05) is 6.07 Å². The molecule has 8 rings (SSSR count). The van der Waals surface area contributed by atoms with Crippen molar-refractivity contribution in [3.05, 3.63) is 88.9 Å². The molecule has 19 nitrogen and oxygen atoms in total. The van der Waals surface area contributed by atoms with Gasteiger partial charge in [-0.2, -0.15) is 9.97 Å². The second kappa shape index (κ2) is 16.6. The summed E-state index contributed by atoms with van der Waals surface area (Å²) in [6, 6.07) is 13.0. The number of H-pyrrole nitrogens is 1. The van der Waals surface area contributed by atoms with Gasteiger partial charge >= 0.3 is 0 Å². The average molecular weight is 846 g/mol. The molecule has 0 saturated carbocycles. The number of halogens is 1. The summed E-state index contributed by atoms with van der Waals surface area (Å²) in [5.41, 5.74) is 2.80. The first-order valence-electron chi connectivity index (χ1n) is 19.6. The van der Waals surface area contributed by atoms with Gasteiger partial charge in [-0.1, -0.05) is 12.1 Å². The maximum absolute atomic E-state index is 14.8. The van der Waals surface area contributed by atoms with Crippen LogP contribution in [-0.2, 0) is 25.6 Å². The average Bonchev–Trinajstić information content (AvgIpc) is 3.97. The lowest BCUT2D eigenvalue weighted by atomic mass is 10.0. The highest BCUT2D eigenvalue weighted by Crippen LogP contribution is 2.39. The molecule has 0 bridgehead atoms. The van der Waals surface area contributed by atoms with E-state index in [1.54, 1.807) is 41.4 Å². The van der Waals surface area contributed by atoms with Crippen LogP contribution < -0.4 is 36.2 Å². The van der Waals surface area contributed by atoms with Crippen LogP contribution in [0, 0.1) is 5.82 Å². The van der Waals surface area contributed by atoms with Crippen LogP contribution in [0.4, 0.5) is 38.9 Å². The number of nitrogens with zero attached hydrogens (tertiary/aromatic N) is 5. The van der Waals surface area contributed by atoms with E-state index in [0.29, 0.717) is 46.8 Å². The third-order valence-electron chi connectivity index (χ3n) is 10.9. The van der Waals surface area contributed by atoms with Crippen molar-refractivity contribution in [1.29, 1.82) is 0 Å². The number of imide groups is 2. The van der Waals surface area contributed by atoms with Crippen LogP contribution in [-0.4, -0.2) is 113 Å². The summed E-state index contributed by atoms with van der Waals surface area (Å²) in [7, 11) is 4.42. The van der Waals surface area contributed by atoms with Crippen molar-refractivity contribution in [3.63, 3.8) is 0 Å². The Morgan fingerprint density at radius 1 is 0.968 bits per heavy atom. The molecule has 7 amide bonds. The Hall–Kier alpha value is -7.90. The summed E-state index contributed by atoms with van der Waals surface area (Å²) < 4.78 is 20.5. The van der Waals surface area contributed by atoms with Gasteiger partial charge in [-0.3, -0.25) is 43.8 Å². The van der Waals surface area contributed by atoms with Gasteiger partial charge in [0.15, 0.2) is 0 Å². The lowest BCUT2D eigenvalue weighted by Crippen LogP contribution is -2.54. The predicted molar refractivity (Wildman–Crippen MR) is 223 cm³/mol. The number of piperidine rings is 1. The van der Waals surface area contributed by atoms with Crippen LogP contribution >= 0.6 is 0 Å². The van der Waals surface area contributed by atoms with Crippen LogP contribution in [0.2, 0.25) is 0 Å². The van der Waals surface area contributed by atoms with Crippen molar-refractivity contribution in [2.75, 3.05) is 61.7 Å². The number of anilines is 6. The number of amides is 7. The molecule has 2 aromatic heterocycles. The normalized spacial score (nSPS) is 15.6. The number of hydrogen-bond donors (Lipinski definition) is 6. The number of rotatable bonds is 13. The number of fused-ring (bicyclic) bond motifs is 3. The standard InChI is InChI=1S/C42H40FN11O8/c1-44-39(59)35-24(43)7-5-9-26(35)47-37-23-12-15-46-36(23)50-42(51-37)48-27-19-29-21(18-30(27)62-3)14-17-53(29)33(57)20-52(2)32(56)13-16-45-25-8-4-6-22-34(25)41(61)54(40(22)60)28-10-11-31(55)49-38(28)58/h4-9,12,15,18-19,28,45H,10-11,13-14,16-17,20H2,1-3H3,(H,44,59)(H,49,55,58)(H3,46,47,48,50,51). The van der Waals surface area contributed by atoms with E-state index in [4.69, 9.17) is 4.74 Å². The van der Waals surface area contributed by atoms with Crippen molar-refractivity contribution in [2.45, 2.75) is 31.7 Å². The fourth-order valence-electron chi connectivity index (χ4n) is 7.80. The van der Waals surface area contributed by atoms with E-state index < -0.39 is 41.4 Å². The molecule has 0 aliphatic carbocycles. The Bertz CT molecular complexity index is 2720. The molecular weight excluding hydrogens is 806 g/mol. The molecule has 3 aromatic carbocycles. The van der Waals surface area contributed by atoms with Gasteiger partial charge in [-0.05, 0) is 60.9 Å². The molecule has 6 N–H and O–H groups in total. The lowest BCUT2D eigenvalue weighted by Gasteiger charge is -2.27. The van der Waals surface area contributed by atoms with Gasteiger partial charge in [0.2, 0.25) is 29.6 Å². The van der Waals surface area contributed by atoms with Gasteiger partial charge in [-0.15, -0.1) is 0 Å². The highest BCUT2D eigenvalue weighted by atomic mass is 19.1. The van der Waals surface area contributed by atoms with Crippen LogP contribution in [0.1, 0.15) is 55.9 Å². The largest absolute Gasteiger partial charge is 0.495 e. The van der Waals surface area contributed by atoms with Crippen molar-refractivity contribution >= 4 is 86.9 Å². The molecule has 1 atom stereocenters. The molecule has 20 heteroatoms. The topological polar surface area (TPSA) is 240 Å². The Labute approximate surface area is 352 Å². The first kappa shape index (κ1) is 40.9. The Morgan fingerprint density at radius 2 is 1.76 bits per heavy atom. The predicted octanol–water partition coefficient (Wildman–Crippen LogP) is 3.20. The third-order valence-corrected chi connectivity index (χ3v) is 10.9. The summed E-state index contributed by atoms with van der Waals surface area (Å²) >= 11 is 0. The number of methoxy groups -OCH3 is 1. The second-order valence-electron chi connectivity index (χ2n) is 14.7. The van der Waals surface area contributed by atoms with Gasteiger partial charge in [-0.25, -0.2) is 4.39 Å². The number of benzene rings is 3.